The predicted molar refractivity (Wildman–Crippen MR) is 88.7 cm³/mol. The molecule has 0 bridgehead atoms. The summed E-state index contributed by atoms with van der Waals surface area (Å²) < 4.78 is 11.0. The van der Waals surface area contributed by atoms with E-state index < -0.39 is 0 Å². The first-order valence-corrected chi connectivity index (χ1v) is 8.51. The third-order valence-electron chi connectivity index (χ3n) is 5.00. The zero-order valence-corrected chi connectivity index (χ0v) is 13.8. The van der Waals surface area contributed by atoms with Gasteiger partial charge in [-0.2, -0.15) is 0 Å². The summed E-state index contributed by atoms with van der Waals surface area (Å²) in [6, 6.07) is 9.35. The molecule has 2 aliphatic rings. The lowest BCUT2D eigenvalue weighted by Gasteiger charge is -2.49. The van der Waals surface area contributed by atoms with Gasteiger partial charge in [-0.3, -0.25) is 9.80 Å². The highest BCUT2D eigenvalue weighted by Gasteiger charge is 2.34. The third-order valence-corrected chi connectivity index (χ3v) is 5.00. The number of nitrogens with zero attached hydrogens (tertiary/aromatic N) is 2. The van der Waals surface area contributed by atoms with Gasteiger partial charge in [0.25, 0.3) is 0 Å². The van der Waals surface area contributed by atoms with Crippen LogP contribution >= 0.6 is 0 Å². The first-order chi connectivity index (χ1) is 10.8. The first kappa shape index (κ1) is 15.6. The summed E-state index contributed by atoms with van der Waals surface area (Å²) in [4.78, 5) is 5.21. The third kappa shape index (κ3) is 3.73. The molecule has 3 rings (SSSR count). The second-order valence-electron chi connectivity index (χ2n) is 6.52. The molecule has 0 saturated carbocycles. The monoisotopic (exact) mass is 304 g/mol. The van der Waals surface area contributed by atoms with E-state index in [1.165, 1.54) is 38.9 Å². The van der Waals surface area contributed by atoms with Gasteiger partial charge in [0.2, 0.25) is 0 Å². The van der Waals surface area contributed by atoms with E-state index in [-0.39, 0.29) is 0 Å². The second kappa shape index (κ2) is 7.34. The van der Waals surface area contributed by atoms with E-state index >= 15 is 0 Å². The van der Waals surface area contributed by atoms with Gasteiger partial charge in [0.05, 0.1) is 7.11 Å². The van der Waals surface area contributed by atoms with Crippen LogP contribution in [0.5, 0.6) is 11.5 Å². The van der Waals surface area contributed by atoms with Crippen LogP contribution in [0, 0.1) is 0 Å². The summed E-state index contributed by atoms with van der Waals surface area (Å²) in [5.74, 6) is 1.79. The lowest BCUT2D eigenvalue weighted by molar-refractivity contribution is -0.00692. The molecule has 2 heterocycles. The summed E-state index contributed by atoms with van der Waals surface area (Å²) in [7, 11) is 1.68. The van der Waals surface area contributed by atoms with Gasteiger partial charge in [0, 0.05) is 31.7 Å². The van der Waals surface area contributed by atoms with Gasteiger partial charge in [-0.25, -0.2) is 0 Å². The molecule has 2 saturated heterocycles. The van der Waals surface area contributed by atoms with E-state index in [0.29, 0.717) is 0 Å². The van der Waals surface area contributed by atoms with Crippen LogP contribution in [-0.2, 0) is 0 Å². The van der Waals surface area contributed by atoms with Crippen LogP contribution in [-0.4, -0.2) is 61.8 Å². The Kier molecular flexibility index (Phi) is 5.21. The van der Waals surface area contributed by atoms with Crippen LogP contribution in [0.2, 0.25) is 0 Å². The Balaban J connectivity index is 1.34. The average molecular weight is 304 g/mol. The van der Waals surface area contributed by atoms with E-state index in [0.717, 1.165) is 36.7 Å². The normalized spacial score (nSPS) is 24.0. The quantitative estimate of drug-likeness (QED) is 0.806. The Hall–Kier alpha value is -1.26. The maximum absolute atomic E-state index is 5.80. The Morgan fingerprint density at radius 3 is 2.50 bits per heavy atom. The molecule has 1 atom stereocenters. The van der Waals surface area contributed by atoms with E-state index in [9.17, 15) is 0 Å². The number of hydrogen-bond acceptors (Lipinski definition) is 4. The fourth-order valence-corrected chi connectivity index (χ4v) is 3.56. The number of likely N-dealkylation sites (tertiary alicyclic amines) is 2. The number of methoxy groups -OCH3 is 1. The van der Waals surface area contributed by atoms with Crippen molar-refractivity contribution in [1.29, 1.82) is 0 Å². The Morgan fingerprint density at radius 2 is 1.82 bits per heavy atom. The number of benzene rings is 1. The molecule has 0 amide bonds. The number of ether oxygens (including phenoxy) is 2. The van der Waals surface area contributed by atoms with E-state index in [2.05, 4.69) is 16.7 Å². The van der Waals surface area contributed by atoms with Crippen molar-refractivity contribution in [1.82, 2.24) is 9.80 Å². The van der Waals surface area contributed by atoms with Gasteiger partial charge in [-0.1, -0.05) is 6.42 Å². The Bertz CT molecular complexity index is 457. The minimum absolute atomic E-state index is 0.759. The smallest absolute Gasteiger partial charge is 0.119 e. The van der Waals surface area contributed by atoms with Gasteiger partial charge in [-0.05, 0) is 50.6 Å². The Labute approximate surface area is 134 Å². The van der Waals surface area contributed by atoms with E-state index in [1.807, 2.05) is 24.3 Å². The van der Waals surface area contributed by atoms with Crippen molar-refractivity contribution in [3.8, 4) is 11.5 Å². The lowest BCUT2D eigenvalue weighted by atomic mass is 9.97. The molecule has 0 aromatic heterocycles. The van der Waals surface area contributed by atoms with Crippen LogP contribution in [0.1, 0.15) is 26.2 Å². The van der Waals surface area contributed by atoms with Crippen molar-refractivity contribution in [2.45, 2.75) is 38.3 Å². The molecule has 0 aliphatic carbocycles. The fourth-order valence-electron chi connectivity index (χ4n) is 3.56. The second-order valence-corrected chi connectivity index (χ2v) is 6.52. The average Bonchev–Trinajstić information content (AvgIpc) is 2.51. The van der Waals surface area contributed by atoms with E-state index in [1.54, 1.807) is 7.11 Å². The molecule has 22 heavy (non-hydrogen) atoms. The maximum atomic E-state index is 5.80. The molecular formula is C18H28N2O2. The van der Waals surface area contributed by atoms with Crippen molar-refractivity contribution in [2.75, 3.05) is 39.9 Å². The van der Waals surface area contributed by atoms with Gasteiger partial charge in [-0.15, -0.1) is 0 Å². The van der Waals surface area contributed by atoms with Gasteiger partial charge < -0.3 is 9.47 Å². The highest BCUT2D eigenvalue weighted by molar-refractivity contribution is 5.31. The molecule has 122 valence electrons. The lowest BCUT2D eigenvalue weighted by Crippen LogP contribution is -2.62. The molecule has 0 N–H and O–H groups in total. The summed E-state index contributed by atoms with van der Waals surface area (Å²) in [6.07, 6.45) is 4.16. The van der Waals surface area contributed by atoms with Crippen LogP contribution in [0.25, 0.3) is 0 Å². The molecule has 1 unspecified atom stereocenters. The van der Waals surface area contributed by atoms with Crippen LogP contribution in [0.15, 0.2) is 24.3 Å². The molecule has 4 heteroatoms. The van der Waals surface area contributed by atoms with Gasteiger partial charge in [0.15, 0.2) is 0 Å². The molecule has 2 fully saturated rings. The predicted octanol–water partition coefficient (Wildman–Crippen LogP) is 2.63. The van der Waals surface area contributed by atoms with Gasteiger partial charge in [0.1, 0.15) is 18.1 Å². The molecule has 0 radical (unpaired) electrons. The van der Waals surface area contributed by atoms with Crippen molar-refractivity contribution in [3.63, 3.8) is 0 Å². The molecule has 1 aromatic rings. The molecule has 1 aromatic carbocycles. The van der Waals surface area contributed by atoms with Crippen molar-refractivity contribution >= 4 is 0 Å². The fraction of sp³-hybridized carbons (Fsp3) is 0.667. The van der Waals surface area contributed by atoms with Crippen molar-refractivity contribution in [2.24, 2.45) is 0 Å². The maximum Gasteiger partial charge on any atom is 0.119 e. The highest BCUT2D eigenvalue weighted by Crippen LogP contribution is 2.24. The topological polar surface area (TPSA) is 24.9 Å². The van der Waals surface area contributed by atoms with Crippen molar-refractivity contribution in [3.05, 3.63) is 24.3 Å². The standard InChI is InChI=1S/C18H28N2O2/c1-15-5-3-4-10-20(15)16-13-19(14-16)11-12-22-18-8-6-17(21-2)7-9-18/h6-9,15-16H,3-5,10-14H2,1-2H3. The zero-order valence-electron chi connectivity index (χ0n) is 13.8. The molecule has 4 nitrogen and oxygen atoms in total. The number of hydrogen-bond donors (Lipinski definition) is 0. The minimum Gasteiger partial charge on any atom is -0.497 e. The zero-order chi connectivity index (χ0) is 15.4. The minimum atomic E-state index is 0.759. The number of piperidine rings is 1. The summed E-state index contributed by atoms with van der Waals surface area (Å²) in [5.41, 5.74) is 0. The highest BCUT2D eigenvalue weighted by atomic mass is 16.5. The summed E-state index contributed by atoms with van der Waals surface area (Å²) in [6.45, 7) is 7.86. The largest absolute Gasteiger partial charge is 0.497 e. The molecular weight excluding hydrogens is 276 g/mol. The van der Waals surface area contributed by atoms with Crippen LogP contribution < -0.4 is 9.47 Å². The SMILES string of the molecule is COc1ccc(OCCN2CC(N3CCCCC3C)C2)cc1. The van der Waals surface area contributed by atoms with Gasteiger partial charge >= 0.3 is 0 Å². The van der Waals surface area contributed by atoms with E-state index in [4.69, 9.17) is 9.47 Å². The van der Waals surface area contributed by atoms with Crippen molar-refractivity contribution < 1.29 is 9.47 Å². The number of rotatable bonds is 6. The van der Waals surface area contributed by atoms with Crippen LogP contribution in [0.4, 0.5) is 0 Å². The summed E-state index contributed by atoms with van der Waals surface area (Å²) >= 11 is 0. The van der Waals surface area contributed by atoms with Crippen LogP contribution in [0.3, 0.4) is 0 Å². The molecule has 0 spiro atoms. The molecule has 2 aliphatic heterocycles. The summed E-state index contributed by atoms with van der Waals surface area (Å²) in [5, 5.41) is 0. The Morgan fingerprint density at radius 1 is 1.09 bits per heavy atom. The first-order valence-electron chi connectivity index (χ1n) is 8.51.